The van der Waals surface area contributed by atoms with E-state index in [1.54, 1.807) is 0 Å². The molecule has 1 fully saturated rings. The summed E-state index contributed by atoms with van der Waals surface area (Å²) in [5.41, 5.74) is 7.39. The van der Waals surface area contributed by atoms with Crippen LogP contribution in [-0.4, -0.2) is 18.8 Å². The van der Waals surface area contributed by atoms with E-state index in [9.17, 15) is 0 Å². The van der Waals surface area contributed by atoms with E-state index in [1.807, 2.05) is 0 Å². The van der Waals surface area contributed by atoms with Crippen LogP contribution in [0.5, 0.6) is 0 Å². The molecule has 18 heavy (non-hydrogen) atoms. The molecule has 2 atom stereocenters. The van der Waals surface area contributed by atoms with E-state index in [0.29, 0.717) is 0 Å². The zero-order chi connectivity index (χ0) is 12.4. The zero-order valence-corrected chi connectivity index (χ0v) is 10.8. The van der Waals surface area contributed by atoms with Crippen molar-refractivity contribution in [3.05, 3.63) is 34.9 Å². The first-order valence-electron chi connectivity index (χ1n) is 7.05. The van der Waals surface area contributed by atoms with Crippen LogP contribution in [0.2, 0.25) is 0 Å². The topological polar surface area (TPSA) is 47.3 Å². The highest BCUT2D eigenvalue weighted by molar-refractivity contribution is 5.35. The summed E-state index contributed by atoms with van der Waals surface area (Å²) in [6, 6.07) is 7.15. The Morgan fingerprint density at radius 1 is 1.28 bits per heavy atom. The van der Waals surface area contributed by atoms with Crippen molar-refractivity contribution in [3.63, 3.8) is 0 Å². The van der Waals surface area contributed by atoms with Crippen molar-refractivity contribution in [2.45, 2.75) is 50.7 Å². The van der Waals surface area contributed by atoms with E-state index < -0.39 is 0 Å². The summed E-state index contributed by atoms with van der Waals surface area (Å²) in [4.78, 5) is 0. The molecule has 2 aliphatic rings. The summed E-state index contributed by atoms with van der Waals surface area (Å²) in [7, 11) is 0. The lowest BCUT2D eigenvalue weighted by atomic mass is 9.97. The number of benzene rings is 1. The molecule has 0 bridgehead atoms. The van der Waals surface area contributed by atoms with Crippen molar-refractivity contribution in [1.82, 2.24) is 5.43 Å². The van der Waals surface area contributed by atoms with Crippen molar-refractivity contribution in [3.8, 4) is 0 Å². The molecule has 98 valence electrons. The van der Waals surface area contributed by atoms with Gasteiger partial charge in [-0.25, -0.2) is 0 Å². The minimum absolute atomic E-state index is 0.243. The van der Waals surface area contributed by atoms with Crippen LogP contribution in [0.4, 0.5) is 0 Å². The second-order valence-corrected chi connectivity index (χ2v) is 5.49. The number of nitrogens with two attached hydrogens (primary N) is 1. The van der Waals surface area contributed by atoms with Gasteiger partial charge < -0.3 is 4.74 Å². The number of ether oxygens (including phenoxy) is 1. The van der Waals surface area contributed by atoms with Gasteiger partial charge in [-0.15, -0.1) is 0 Å². The van der Waals surface area contributed by atoms with Crippen LogP contribution in [-0.2, 0) is 24.0 Å². The van der Waals surface area contributed by atoms with Gasteiger partial charge in [-0.1, -0.05) is 18.2 Å². The maximum Gasteiger partial charge on any atom is 0.0745 e. The summed E-state index contributed by atoms with van der Waals surface area (Å²) in [6.07, 6.45) is 7.33. The van der Waals surface area contributed by atoms with Gasteiger partial charge in [0.05, 0.1) is 12.1 Å². The first kappa shape index (κ1) is 12.2. The highest BCUT2D eigenvalue weighted by Gasteiger charge is 2.25. The Kier molecular flexibility index (Phi) is 3.64. The van der Waals surface area contributed by atoms with Crippen LogP contribution in [0.25, 0.3) is 0 Å². The van der Waals surface area contributed by atoms with Crippen LogP contribution in [0.15, 0.2) is 18.2 Å². The minimum atomic E-state index is 0.243. The van der Waals surface area contributed by atoms with E-state index in [0.717, 1.165) is 25.9 Å². The first-order chi connectivity index (χ1) is 8.86. The molecule has 3 rings (SSSR count). The number of fused-ring (bicyclic) bond motifs is 1. The largest absolute Gasteiger partial charge is 0.377 e. The Morgan fingerprint density at radius 3 is 2.94 bits per heavy atom. The van der Waals surface area contributed by atoms with Crippen LogP contribution in [0.3, 0.4) is 0 Å². The van der Waals surface area contributed by atoms with Gasteiger partial charge in [-0.2, -0.15) is 0 Å². The average molecular weight is 246 g/mol. The number of hydrogen-bond acceptors (Lipinski definition) is 3. The molecule has 3 heteroatoms. The predicted octanol–water partition coefficient (Wildman–Crippen LogP) is 1.73. The second-order valence-electron chi connectivity index (χ2n) is 5.49. The number of rotatable bonds is 4. The fourth-order valence-electron chi connectivity index (χ4n) is 3.22. The van der Waals surface area contributed by atoms with Crippen LogP contribution in [0, 0.1) is 0 Å². The van der Waals surface area contributed by atoms with Gasteiger partial charge in [-0.05, 0) is 55.2 Å². The molecule has 1 aliphatic heterocycles. The summed E-state index contributed by atoms with van der Waals surface area (Å²) in [6.45, 7) is 0.882. The van der Waals surface area contributed by atoms with E-state index in [4.69, 9.17) is 10.6 Å². The molecule has 1 saturated heterocycles. The summed E-state index contributed by atoms with van der Waals surface area (Å²) in [5, 5.41) is 0. The normalized spacial score (nSPS) is 24.2. The van der Waals surface area contributed by atoms with Crippen LogP contribution in [0.1, 0.15) is 36.0 Å². The Morgan fingerprint density at radius 2 is 2.17 bits per heavy atom. The molecule has 1 aromatic rings. The molecule has 0 amide bonds. The molecule has 0 aromatic heterocycles. The quantitative estimate of drug-likeness (QED) is 0.628. The Hall–Kier alpha value is -0.900. The third-order valence-corrected chi connectivity index (χ3v) is 4.25. The molecule has 1 aromatic carbocycles. The van der Waals surface area contributed by atoms with Crippen molar-refractivity contribution >= 4 is 0 Å². The van der Waals surface area contributed by atoms with Gasteiger partial charge in [0, 0.05) is 6.61 Å². The van der Waals surface area contributed by atoms with E-state index in [1.165, 1.54) is 36.0 Å². The summed E-state index contributed by atoms with van der Waals surface area (Å²) in [5.74, 6) is 5.68. The lowest BCUT2D eigenvalue weighted by Crippen LogP contribution is -2.45. The third kappa shape index (κ3) is 2.44. The van der Waals surface area contributed by atoms with Gasteiger partial charge >= 0.3 is 0 Å². The molecular weight excluding hydrogens is 224 g/mol. The SMILES string of the molecule is NNC(Cc1ccc2c(c1)CCC2)C1CCCO1. The second kappa shape index (κ2) is 5.39. The highest BCUT2D eigenvalue weighted by atomic mass is 16.5. The number of hydrazine groups is 1. The highest BCUT2D eigenvalue weighted by Crippen LogP contribution is 2.24. The average Bonchev–Trinajstić information content (AvgIpc) is 3.06. The van der Waals surface area contributed by atoms with Gasteiger partial charge in [0.25, 0.3) is 0 Å². The molecule has 0 radical (unpaired) electrons. The standard InChI is InChI=1S/C15H22N2O/c16-17-14(15-5-2-8-18-15)10-11-6-7-12-3-1-4-13(12)9-11/h6-7,9,14-15,17H,1-5,8,10,16H2. The van der Waals surface area contributed by atoms with Crippen molar-refractivity contribution in [1.29, 1.82) is 0 Å². The molecule has 1 aliphatic carbocycles. The zero-order valence-electron chi connectivity index (χ0n) is 10.8. The minimum Gasteiger partial charge on any atom is -0.377 e. The first-order valence-corrected chi connectivity index (χ1v) is 7.05. The Balaban J connectivity index is 1.70. The molecule has 1 heterocycles. The fourth-order valence-corrected chi connectivity index (χ4v) is 3.22. The third-order valence-electron chi connectivity index (χ3n) is 4.25. The molecule has 3 N–H and O–H groups in total. The molecular formula is C15H22N2O. The maximum absolute atomic E-state index is 5.73. The van der Waals surface area contributed by atoms with E-state index in [2.05, 4.69) is 23.6 Å². The monoisotopic (exact) mass is 246 g/mol. The van der Waals surface area contributed by atoms with E-state index in [-0.39, 0.29) is 12.1 Å². The van der Waals surface area contributed by atoms with Gasteiger partial charge in [-0.3, -0.25) is 11.3 Å². The van der Waals surface area contributed by atoms with Crippen LogP contribution < -0.4 is 11.3 Å². The molecule has 2 unspecified atom stereocenters. The number of nitrogens with one attached hydrogen (secondary N) is 1. The van der Waals surface area contributed by atoms with Crippen molar-refractivity contribution in [2.75, 3.05) is 6.61 Å². The number of aryl methyl sites for hydroxylation is 2. The Labute approximate surface area is 109 Å². The van der Waals surface area contributed by atoms with Crippen molar-refractivity contribution in [2.24, 2.45) is 5.84 Å². The van der Waals surface area contributed by atoms with Crippen molar-refractivity contribution < 1.29 is 4.74 Å². The fraction of sp³-hybridized carbons (Fsp3) is 0.600. The van der Waals surface area contributed by atoms with Gasteiger partial charge in [0.2, 0.25) is 0 Å². The number of hydrogen-bond donors (Lipinski definition) is 2. The van der Waals surface area contributed by atoms with E-state index >= 15 is 0 Å². The molecule has 0 spiro atoms. The lowest BCUT2D eigenvalue weighted by Gasteiger charge is -2.22. The maximum atomic E-state index is 5.73. The molecule has 0 saturated carbocycles. The molecule has 3 nitrogen and oxygen atoms in total. The summed E-state index contributed by atoms with van der Waals surface area (Å²) >= 11 is 0. The van der Waals surface area contributed by atoms with Gasteiger partial charge in [0.1, 0.15) is 0 Å². The predicted molar refractivity (Wildman–Crippen MR) is 72.3 cm³/mol. The summed E-state index contributed by atoms with van der Waals surface area (Å²) < 4.78 is 5.73. The Bertz CT molecular complexity index is 413. The smallest absolute Gasteiger partial charge is 0.0745 e. The van der Waals surface area contributed by atoms with Crippen LogP contribution >= 0.6 is 0 Å². The van der Waals surface area contributed by atoms with Gasteiger partial charge in [0.15, 0.2) is 0 Å². The lowest BCUT2D eigenvalue weighted by molar-refractivity contribution is 0.0784.